The van der Waals surface area contributed by atoms with Crippen LogP contribution in [0.2, 0.25) is 0 Å². The van der Waals surface area contributed by atoms with Crippen LogP contribution in [-0.2, 0) is 0 Å². The van der Waals surface area contributed by atoms with Crippen LogP contribution < -0.4 is 4.74 Å². The lowest BCUT2D eigenvalue weighted by atomic mass is 10.0. The molecule has 0 saturated carbocycles. The quantitative estimate of drug-likeness (QED) is 0.512. The molecule has 1 aliphatic heterocycles. The fourth-order valence-electron chi connectivity index (χ4n) is 4.44. The molecule has 5 rings (SSSR count). The van der Waals surface area contributed by atoms with Crippen LogP contribution in [0.5, 0.6) is 5.75 Å². The minimum Gasteiger partial charge on any atom is -0.497 e. The molecule has 0 unspecified atom stereocenters. The maximum Gasteiger partial charge on any atom is 0.256 e. The third-order valence-electron chi connectivity index (χ3n) is 6.18. The van der Waals surface area contributed by atoms with Crippen molar-refractivity contribution in [1.29, 1.82) is 0 Å². The maximum absolute atomic E-state index is 13.8. The molecule has 4 heterocycles. The van der Waals surface area contributed by atoms with Crippen molar-refractivity contribution in [3.05, 3.63) is 60.6 Å². The van der Waals surface area contributed by atoms with Crippen LogP contribution in [-0.4, -0.2) is 70.4 Å². The zero-order chi connectivity index (χ0) is 21.5. The van der Waals surface area contributed by atoms with Crippen LogP contribution in [0.4, 0.5) is 0 Å². The molecule has 4 aromatic rings. The summed E-state index contributed by atoms with van der Waals surface area (Å²) in [4.78, 5) is 27.1. The summed E-state index contributed by atoms with van der Waals surface area (Å²) in [5.74, 6) is 0.812. The van der Waals surface area contributed by atoms with Crippen molar-refractivity contribution in [2.45, 2.75) is 12.5 Å². The van der Waals surface area contributed by atoms with Gasteiger partial charge in [-0.1, -0.05) is 6.07 Å². The Hall–Kier alpha value is -3.45. The van der Waals surface area contributed by atoms with Gasteiger partial charge < -0.3 is 18.9 Å². The Kier molecular flexibility index (Phi) is 4.82. The second kappa shape index (κ2) is 7.67. The first-order valence-electron chi connectivity index (χ1n) is 10.4. The van der Waals surface area contributed by atoms with Gasteiger partial charge in [0.2, 0.25) is 0 Å². The highest BCUT2D eigenvalue weighted by atomic mass is 16.5. The molecule has 158 valence electrons. The number of fused-ring (bicyclic) bond motifs is 3. The topological polar surface area (TPSA) is 63.0 Å². The number of hydrogen-bond acceptors (Lipinski definition) is 5. The highest BCUT2D eigenvalue weighted by molar-refractivity contribution is 6.16. The molecule has 7 nitrogen and oxygen atoms in total. The zero-order valence-corrected chi connectivity index (χ0v) is 17.9. The number of carbonyl (C=O) groups excluding carboxylic acids is 1. The molecule has 1 saturated heterocycles. The van der Waals surface area contributed by atoms with E-state index in [4.69, 9.17) is 4.74 Å². The molecule has 1 atom stereocenters. The van der Waals surface area contributed by atoms with Gasteiger partial charge in [-0.2, -0.15) is 0 Å². The molecular weight excluding hydrogens is 390 g/mol. The fourth-order valence-corrected chi connectivity index (χ4v) is 4.44. The lowest BCUT2D eigenvalue weighted by Crippen LogP contribution is -2.34. The van der Waals surface area contributed by atoms with E-state index in [2.05, 4.69) is 29.0 Å². The maximum atomic E-state index is 13.8. The van der Waals surface area contributed by atoms with Crippen molar-refractivity contribution in [3.63, 3.8) is 0 Å². The van der Waals surface area contributed by atoms with Gasteiger partial charge in [0.05, 0.1) is 29.3 Å². The summed E-state index contributed by atoms with van der Waals surface area (Å²) in [5.41, 5.74) is 3.93. The third-order valence-corrected chi connectivity index (χ3v) is 6.18. The number of benzene rings is 1. The molecule has 0 bridgehead atoms. The first-order chi connectivity index (χ1) is 15.1. The van der Waals surface area contributed by atoms with Crippen LogP contribution >= 0.6 is 0 Å². The number of aromatic nitrogens is 3. The Morgan fingerprint density at radius 3 is 2.65 bits per heavy atom. The van der Waals surface area contributed by atoms with E-state index in [0.29, 0.717) is 11.6 Å². The van der Waals surface area contributed by atoms with Crippen LogP contribution in [0, 0.1) is 0 Å². The summed E-state index contributed by atoms with van der Waals surface area (Å²) in [5, 5.41) is 0.789. The number of ether oxygens (including phenoxy) is 1. The Morgan fingerprint density at radius 1 is 1.13 bits per heavy atom. The third kappa shape index (κ3) is 3.21. The van der Waals surface area contributed by atoms with E-state index in [0.717, 1.165) is 53.1 Å². The zero-order valence-electron chi connectivity index (χ0n) is 17.9. The second-order valence-corrected chi connectivity index (χ2v) is 8.14. The summed E-state index contributed by atoms with van der Waals surface area (Å²) in [6, 6.07) is 14.0. The molecule has 0 N–H and O–H groups in total. The second-order valence-electron chi connectivity index (χ2n) is 8.14. The highest BCUT2D eigenvalue weighted by Gasteiger charge is 2.32. The Bertz CT molecular complexity index is 1260. The molecule has 0 spiro atoms. The van der Waals surface area contributed by atoms with Crippen molar-refractivity contribution in [2.75, 3.05) is 34.3 Å². The summed E-state index contributed by atoms with van der Waals surface area (Å²) in [6.45, 7) is 1.47. The van der Waals surface area contributed by atoms with Gasteiger partial charge in [-0.25, -0.2) is 9.97 Å². The predicted molar refractivity (Wildman–Crippen MR) is 120 cm³/mol. The van der Waals surface area contributed by atoms with Crippen molar-refractivity contribution in [1.82, 2.24) is 24.2 Å². The Morgan fingerprint density at radius 2 is 1.94 bits per heavy atom. The number of amides is 1. The molecule has 7 heteroatoms. The average Bonchev–Trinajstić information content (AvgIpc) is 3.42. The van der Waals surface area contributed by atoms with Gasteiger partial charge in [0.15, 0.2) is 0 Å². The summed E-state index contributed by atoms with van der Waals surface area (Å²) < 4.78 is 7.28. The Balaban J connectivity index is 1.71. The normalized spacial score (nSPS) is 16.5. The van der Waals surface area contributed by atoms with Gasteiger partial charge in [0.1, 0.15) is 17.7 Å². The predicted octanol–water partition coefficient (Wildman–Crippen LogP) is 3.33. The summed E-state index contributed by atoms with van der Waals surface area (Å²) >= 11 is 0. The van der Waals surface area contributed by atoms with E-state index in [1.54, 1.807) is 13.4 Å². The van der Waals surface area contributed by atoms with Crippen LogP contribution in [0.1, 0.15) is 16.8 Å². The number of hydrogen-bond donors (Lipinski definition) is 0. The monoisotopic (exact) mass is 415 g/mol. The first kappa shape index (κ1) is 19.5. The lowest BCUT2D eigenvalue weighted by molar-refractivity contribution is 0.0787. The molecule has 0 aliphatic carbocycles. The van der Waals surface area contributed by atoms with Crippen LogP contribution in [0.3, 0.4) is 0 Å². The number of nitrogens with zero attached hydrogens (tertiary/aromatic N) is 5. The van der Waals surface area contributed by atoms with E-state index in [9.17, 15) is 4.79 Å². The smallest absolute Gasteiger partial charge is 0.256 e. The van der Waals surface area contributed by atoms with E-state index in [-0.39, 0.29) is 5.91 Å². The molecule has 1 amide bonds. The van der Waals surface area contributed by atoms with Gasteiger partial charge in [-0.3, -0.25) is 4.79 Å². The Labute approximate surface area is 180 Å². The summed E-state index contributed by atoms with van der Waals surface area (Å²) in [7, 11) is 5.78. The van der Waals surface area contributed by atoms with Crippen molar-refractivity contribution < 1.29 is 9.53 Å². The van der Waals surface area contributed by atoms with Crippen molar-refractivity contribution in [3.8, 4) is 17.0 Å². The molecule has 31 heavy (non-hydrogen) atoms. The first-order valence-corrected chi connectivity index (χ1v) is 10.4. The molecular formula is C24H25N5O2. The van der Waals surface area contributed by atoms with E-state index in [1.807, 2.05) is 58.0 Å². The molecule has 1 aromatic carbocycles. The molecule has 0 radical (unpaired) electrons. The van der Waals surface area contributed by atoms with Crippen LogP contribution in [0.25, 0.3) is 27.8 Å². The van der Waals surface area contributed by atoms with Gasteiger partial charge >= 0.3 is 0 Å². The molecule has 3 aromatic heterocycles. The van der Waals surface area contributed by atoms with Gasteiger partial charge in [-0.05, 0) is 56.9 Å². The largest absolute Gasteiger partial charge is 0.497 e. The van der Waals surface area contributed by atoms with Crippen LogP contribution in [0.15, 0.2) is 55.0 Å². The standard InChI is InChI=1S/C24H25N5O2/c1-27(2)17-11-13-28(14-17)24(30)20-19-6-4-5-12-29(19)23-21(20)22(25-15-26-23)16-7-9-18(31-3)10-8-16/h4-10,12,15,17H,11,13-14H2,1-3H3/t17-/m1/s1. The lowest BCUT2D eigenvalue weighted by Gasteiger charge is -2.20. The molecule has 1 fully saturated rings. The minimum atomic E-state index is 0.0348. The SMILES string of the molecule is COc1ccc(-c2ncnc3c2c(C(=O)N2CC[C@@H](N(C)C)C2)c2ccccn23)cc1. The number of methoxy groups -OCH3 is 1. The highest BCUT2D eigenvalue weighted by Crippen LogP contribution is 2.34. The van der Waals surface area contributed by atoms with E-state index in [1.165, 1.54) is 0 Å². The number of likely N-dealkylation sites (tertiary alicyclic amines) is 1. The molecule has 1 aliphatic rings. The van der Waals surface area contributed by atoms with Gasteiger partial charge in [0.25, 0.3) is 5.91 Å². The summed E-state index contributed by atoms with van der Waals surface area (Å²) in [6.07, 6.45) is 4.49. The van der Waals surface area contributed by atoms with Crippen molar-refractivity contribution >= 4 is 22.5 Å². The van der Waals surface area contributed by atoms with Crippen molar-refractivity contribution in [2.24, 2.45) is 0 Å². The number of rotatable bonds is 4. The van der Waals surface area contributed by atoms with Gasteiger partial charge in [-0.15, -0.1) is 0 Å². The van der Waals surface area contributed by atoms with E-state index >= 15 is 0 Å². The number of likely N-dealkylation sites (N-methyl/N-ethyl adjacent to an activating group) is 1. The fraction of sp³-hybridized carbons (Fsp3) is 0.292. The minimum absolute atomic E-state index is 0.0348. The number of carbonyl (C=O) groups is 1. The average molecular weight is 415 g/mol. The number of pyridine rings is 1. The van der Waals surface area contributed by atoms with E-state index < -0.39 is 0 Å². The van der Waals surface area contributed by atoms with Gasteiger partial charge in [0, 0.05) is 30.9 Å².